The topological polar surface area (TPSA) is 60.8 Å². The lowest BCUT2D eigenvalue weighted by molar-refractivity contribution is -0.131. The first-order chi connectivity index (χ1) is 22.8. The molecule has 0 aromatic heterocycles. The fourth-order valence-electron chi connectivity index (χ4n) is 9.93. The average Bonchev–Trinajstić information content (AvgIpc) is 3.35. The number of aliphatic hydroxyl groups is 1. The van der Waals surface area contributed by atoms with Gasteiger partial charge in [0.25, 0.3) is 0 Å². The number of halogens is 1. The predicted octanol–water partition coefficient (Wildman–Crippen LogP) is 11.1. The zero-order chi connectivity index (χ0) is 33.6. The van der Waals surface area contributed by atoms with E-state index in [9.17, 15) is 15.0 Å². The van der Waals surface area contributed by atoms with Gasteiger partial charge >= 0.3 is 0 Å². The summed E-state index contributed by atoms with van der Waals surface area (Å²) < 4.78 is 16.1. The summed E-state index contributed by atoms with van der Waals surface area (Å²) in [7, 11) is 0. The molecule has 268 valence electrons. The molecule has 2 saturated carbocycles. The Labute approximate surface area is 287 Å². The summed E-state index contributed by atoms with van der Waals surface area (Å²) in [6.45, 7) is 8.36. The summed E-state index contributed by atoms with van der Waals surface area (Å²) in [6.07, 6.45) is 24.2. The minimum atomic E-state index is -0.966. The number of carbonyl (C=O) groups excluding carboxylic acids is 1. The van der Waals surface area contributed by atoms with Gasteiger partial charge in [0.05, 0.1) is 6.10 Å². The third-order valence-electron chi connectivity index (χ3n) is 12.7. The second-order valence-corrected chi connectivity index (χ2v) is 16.1. The van der Waals surface area contributed by atoms with Gasteiger partial charge in [0, 0.05) is 25.4 Å². The number of amides is 1. The van der Waals surface area contributed by atoms with Gasteiger partial charge in [-0.2, -0.15) is 0 Å². The molecule has 7 atom stereocenters. The summed E-state index contributed by atoms with van der Waals surface area (Å²) in [5.74, 6) is 1.37. The van der Waals surface area contributed by atoms with E-state index >= 15 is 4.39 Å². The Balaban J connectivity index is 1.31. The van der Waals surface area contributed by atoms with Gasteiger partial charge in [-0.15, -0.1) is 0 Å². The van der Waals surface area contributed by atoms with Crippen LogP contribution in [0.3, 0.4) is 0 Å². The van der Waals surface area contributed by atoms with Crippen LogP contribution < -0.4 is 0 Å². The van der Waals surface area contributed by atoms with Crippen LogP contribution >= 0.6 is 0 Å². The first-order valence-corrected chi connectivity index (χ1v) is 20.2. The van der Waals surface area contributed by atoms with E-state index in [1.165, 1.54) is 77.0 Å². The highest BCUT2D eigenvalue weighted by Crippen LogP contribution is 2.63. The Hall–Kier alpha value is -1.62. The summed E-state index contributed by atoms with van der Waals surface area (Å²) in [5.41, 5.74) is 1.86. The van der Waals surface area contributed by atoms with Gasteiger partial charge < -0.3 is 15.1 Å². The summed E-state index contributed by atoms with van der Waals surface area (Å²) in [4.78, 5) is 15.6. The molecule has 0 heterocycles. The fourth-order valence-corrected chi connectivity index (χ4v) is 9.93. The second kappa shape index (κ2) is 19.5. The molecule has 3 aliphatic carbocycles. The lowest BCUT2D eigenvalue weighted by atomic mass is 9.51. The van der Waals surface area contributed by atoms with Crippen molar-refractivity contribution < 1.29 is 19.4 Å². The Kier molecular flexibility index (Phi) is 15.9. The van der Waals surface area contributed by atoms with Crippen molar-refractivity contribution in [3.63, 3.8) is 0 Å². The van der Waals surface area contributed by atoms with Crippen LogP contribution in [0.5, 0.6) is 5.75 Å². The highest BCUT2D eigenvalue weighted by molar-refractivity contribution is 5.76. The van der Waals surface area contributed by atoms with Crippen molar-refractivity contribution in [2.24, 2.45) is 23.2 Å². The van der Waals surface area contributed by atoms with Crippen LogP contribution in [0.1, 0.15) is 179 Å². The molecule has 3 aliphatic rings. The van der Waals surface area contributed by atoms with Gasteiger partial charge in [0.15, 0.2) is 0 Å². The second-order valence-electron chi connectivity index (χ2n) is 16.1. The van der Waals surface area contributed by atoms with E-state index in [-0.39, 0.29) is 23.0 Å². The number of hydrogen-bond acceptors (Lipinski definition) is 3. The number of benzene rings is 1. The van der Waals surface area contributed by atoms with Crippen LogP contribution in [-0.4, -0.2) is 46.4 Å². The number of phenols is 1. The van der Waals surface area contributed by atoms with Crippen LogP contribution in [0.25, 0.3) is 0 Å². The number of alkyl halides is 1. The molecule has 1 amide bonds. The first-order valence-electron chi connectivity index (χ1n) is 20.2. The highest BCUT2D eigenvalue weighted by Gasteiger charge is 2.59. The maximum atomic E-state index is 16.1. The van der Waals surface area contributed by atoms with Gasteiger partial charge in [0.1, 0.15) is 11.9 Å². The summed E-state index contributed by atoms with van der Waals surface area (Å²) in [5, 5.41) is 21.3. The van der Waals surface area contributed by atoms with Crippen molar-refractivity contribution in [1.82, 2.24) is 4.90 Å². The zero-order valence-corrected chi connectivity index (χ0v) is 30.5. The zero-order valence-electron chi connectivity index (χ0n) is 30.5. The number of fused-ring (bicyclic) bond motifs is 5. The molecule has 47 heavy (non-hydrogen) atoms. The molecule has 0 bridgehead atoms. The van der Waals surface area contributed by atoms with Gasteiger partial charge in [-0.25, -0.2) is 4.39 Å². The molecule has 4 rings (SSSR count). The van der Waals surface area contributed by atoms with E-state index in [1.807, 2.05) is 12.1 Å². The summed E-state index contributed by atoms with van der Waals surface area (Å²) >= 11 is 0. The molecule has 2 N–H and O–H groups in total. The van der Waals surface area contributed by atoms with Gasteiger partial charge in [-0.3, -0.25) is 4.79 Å². The molecule has 4 nitrogen and oxygen atoms in total. The lowest BCUT2D eigenvalue weighted by Gasteiger charge is -2.54. The fraction of sp³-hybridized carbons (Fsp3) is 0.833. The van der Waals surface area contributed by atoms with Crippen molar-refractivity contribution in [2.45, 2.75) is 187 Å². The van der Waals surface area contributed by atoms with Crippen molar-refractivity contribution in [3.8, 4) is 5.75 Å². The minimum Gasteiger partial charge on any atom is -0.508 e. The van der Waals surface area contributed by atoms with Gasteiger partial charge in [-0.1, -0.05) is 117 Å². The van der Waals surface area contributed by atoms with Crippen LogP contribution in [0.2, 0.25) is 0 Å². The number of unbranched alkanes of at least 4 members (excludes halogenated alkanes) is 14. The maximum Gasteiger partial charge on any atom is 0.222 e. The lowest BCUT2D eigenvalue weighted by Crippen LogP contribution is -2.51. The Morgan fingerprint density at radius 2 is 1.45 bits per heavy atom. The molecule has 0 radical (unpaired) electrons. The highest BCUT2D eigenvalue weighted by atomic mass is 19.1. The largest absolute Gasteiger partial charge is 0.508 e. The molecular weight excluding hydrogens is 585 g/mol. The van der Waals surface area contributed by atoms with Crippen LogP contribution in [0.4, 0.5) is 4.39 Å². The number of aromatic hydroxyl groups is 1. The number of nitrogens with zero attached hydrogens (tertiary/aromatic N) is 1. The molecule has 0 spiro atoms. The van der Waals surface area contributed by atoms with Crippen molar-refractivity contribution >= 4 is 5.91 Å². The SMILES string of the molecule is CCCCCCCCCCCC(=O)N(CCCCCCCC)CCCC[C@@H]1Cc2cc(O)ccc2C2C1C1CC[C@H](O)[C@@]1(C)C[C@@H]2F. The Morgan fingerprint density at radius 1 is 0.851 bits per heavy atom. The number of rotatable bonds is 22. The molecule has 1 aromatic rings. The van der Waals surface area contributed by atoms with Crippen LogP contribution in [0.15, 0.2) is 18.2 Å². The van der Waals surface area contributed by atoms with E-state index in [4.69, 9.17) is 0 Å². The van der Waals surface area contributed by atoms with Gasteiger partial charge in [0.2, 0.25) is 5.91 Å². The molecular formula is C42H70FNO3. The molecule has 3 unspecified atom stereocenters. The van der Waals surface area contributed by atoms with Crippen LogP contribution in [0, 0.1) is 23.2 Å². The average molecular weight is 656 g/mol. The molecule has 1 aromatic carbocycles. The van der Waals surface area contributed by atoms with Crippen molar-refractivity contribution in [3.05, 3.63) is 29.3 Å². The first kappa shape index (κ1) is 38.2. The quantitative estimate of drug-likeness (QED) is 0.122. The Bertz CT molecular complexity index is 1060. The Morgan fingerprint density at radius 3 is 2.11 bits per heavy atom. The predicted molar refractivity (Wildman–Crippen MR) is 194 cm³/mol. The van der Waals surface area contributed by atoms with Gasteiger partial charge in [-0.05, 0) is 97.8 Å². The third kappa shape index (κ3) is 10.4. The number of carbonyl (C=O) groups is 1. The minimum absolute atomic E-state index is 0.144. The van der Waals surface area contributed by atoms with E-state index < -0.39 is 12.3 Å². The number of aliphatic hydroxyl groups excluding tert-OH is 1. The maximum absolute atomic E-state index is 16.1. The number of hydrogen-bond donors (Lipinski definition) is 2. The van der Waals surface area contributed by atoms with E-state index in [2.05, 4.69) is 25.7 Å². The van der Waals surface area contributed by atoms with E-state index in [0.29, 0.717) is 30.6 Å². The molecule has 0 saturated heterocycles. The molecule has 0 aliphatic heterocycles. The molecule has 2 fully saturated rings. The third-order valence-corrected chi connectivity index (χ3v) is 12.7. The van der Waals surface area contributed by atoms with Crippen molar-refractivity contribution in [1.29, 1.82) is 0 Å². The normalized spacial score (nSPS) is 28.1. The monoisotopic (exact) mass is 656 g/mol. The van der Waals surface area contributed by atoms with Crippen LogP contribution in [-0.2, 0) is 11.2 Å². The van der Waals surface area contributed by atoms with E-state index in [0.717, 1.165) is 82.0 Å². The number of phenolic OH excluding ortho intramolecular Hbond substituents is 1. The van der Waals surface area contributed by atoms with Crippen molar-refractivity contribution in [2.75, 3.05) is 13.1 Å². The molecule has 5 heteroatoms. The smallest absolute Gasteiger partial charge is 0.222 e. The standard InChI is InChI=1S/C42H70FNO3/c1-4-6-8-10-12-13-14-15-17-22-39(47)44(27-19-16-11-9-7-5-2)28-20-18-21-32-29-33-30-34(45)23-24-35(33)41-37(43)31-42(3)36(40(32)41)25-26-38(42)46/h23-24,30,32,36-38,40-41,45-46H,4-22,25-29,31H2,1-3H3/t32-,36?,37+,38+,40?,41?,42+/m1/s1. The summed E-state index contributed by atoms with van der Waals surface area (Å²) in [6, 6.07) is 5.57. The van der Waals surface area contributed by atoms with E-state index in [1.54, 1.807) is 6.07 Å².